The maximum atomic E-state index is 12.5. The third-order valence-corrected chi connectivity index (χ3v) is 4.13. The molecular formula is C16H22BrN3O3. The molecule has 6 nitrogen and oxygen atoms in total. The van der Waals surface area contributed by atoms with Gasteiger partial charge in [0.2, 0.25) is 0 Å². The highest BCUT2D eigenvalue weighted by atomic mass is 79.9. The Bertz CT molecular complexity index is 583. The fraction of sp³-hybridized carbons (Fsp3) is 0.562. The van der Waals surface area contributed by atoms with Crippen molar-refractivity contribution >= 4 is 27.9 Å². The van der Waals surface area contributed by atoms with E-state index in [2.05, 4.69) is 20.9 Å². The maximum absolute atomic E-state index is 12.5. The Labute approximate surface area is 144 Å². The fourth-order valence-electron chi connectivity index (χ4n) is 2.42. The first-order chi connectivity index (χ1) is 10.7. The minimum absolute atomic E-state index is 0.0151. The number of ether oxygens (including phenoxy) is 1. The highest BCUT2D eigenvalue weighted by Gasteiger charge is 2.33. The molecule has 0 bridgehead atoms. The Morgan fingerprint density at radius 1 is 1.39 bits per heavy atom. The predicted molar refractivity (Wildman–Crippen MR) is 90.2 cm³/mol. The van der Waals surface area contributed by atoms with Crippen LogP contribution in [0.3, 0.4) is 0 Å². The quantitative estimate of drug-likeness (QED) is 0.736. The topological polar surface area (TPSA) is 62.7 Å². The summed E-state index contributed by atoms with van der Waals surface area (Å²) in [5.74, 6) is -0.0963. The summed E-state index contributed by atoms with van der Waals surface area (Å²) < 4.78 is 6.06. The zero-order chi connectivity index (χ0) is 17.2. The molecule has 1 unspecified atom stereocenters. The van der Waals surface area contributed by atoms with Gasteiger partial charge in [-0.05, 0) is 55.3 Å². The molecule has 0 aromatic carbocycles. The monoisotopic (exact) mass is 383 g/mol. The van der Waals surface area contributed by atoms with Crippen LogP contribution in [0.2, 0.25) is 0 Å². The van der Waals surface area contributed by atoms with Gasteiger partial charge in [-0.15, -0.1) is 0 Å². The molecule has 7 heteroatoms. The molecule has 0 aliphatic carbocycles. The Morgan fingerprint density at radius 2 is 2.09 bits per heavy atom. The lowest BCUT2D eigenvalue weighted by Crippen LogP contribution is -2.41. The van der Waals surface area contributed by atoms with Crippen LogP contribution >= 0.6 is 15.9 Å². The van der Waals surface area contributed by atoms with Crippen molar-refractivity contribution in [3.63, 3.8) is 0 Å². The summed E-state index contributed by atoms with van der Waals surface area (Å²) in [7, 11) is 1.76. The number of nitrogens with zero attached hydrogens (tertiary/aromatic N) is 3. The summed E-state index contributed by atoms with van der Waals surface area (Å²) in [4.78, 5) is 32.0. The minimum Gasteiger partial charge on any atom is -0.444 e. The van der Waals surface area contributed by atoms with Gasteiger partial charge in [-0.3, -0.25) is 4.79 Å². The van der Waals surface area contributed by atoms with Crippen LogP contribution in [0.5, 0.6) is 0 Å². The van der Waals surface area contributed by atoms with E-state index in [1.54, 1.807) is 35.2 Å². The van der Waals surface area contributed by atoms with Crippen molar-refractivity contribution in [3.8, 4) is 0 Å². The summed E-state index contributed by atoms with van der Waals surface area (Å²) in [5.41, 5.74) is 0.0198. The molecule has 1 atom stereocenters. The van der Waals surface area contributed by atoms with Crippen LogP contribution in [-0.2, 0) is 4.74 Å². The predicted octanol–water partition coefficient (Wildman–Crippen LogP) is 2.93. The van der Waals surface area contributed by atoms with Gasteiger partial charge in [-0.25, -0.2) is 9.78 Å². The summed E-state index contributed by atoms with van der Waals surface area (Å²) >= 11 is 3.25. The van der Waals surface area contributed by atoms with Crippen molar-refractivity contribution in [3.05, 3.63) is 28.5 Å². The molecular weight excluding hydrogens is 362 g/mol. The molecule has 23 heavy (non-hydrogen) atoms. The van der Waals surface area contributed by atoms with Gasteiger partial charge in [0.25, 0.3) is 5.91 Å². The molecule has 1 aromatic heterocycles. The van der Waals surface area contributed by atoms with Crippen LogP contribution in [0, 0.1) is 0 Å². The van der Waals surface area contributed by atoms with Crippen molar-refractivity contribution in [1.29, 1.82) is 0 Å². The Morgan fingerprint density at radius 3 is 2.65 bits per heavy atom. The van der Waals surface area contributed by atoms with E-state index in [-0.39, 0.29) is 18.0 Å². The zero-order valence-corrected chi connectivity index (χ0v) is 15.5. The van der Waals surface area contributed by atoms with E-state index in [4.69, 9.17) is 4.74 Å². The number of pyridine rings is 1. The van der Waals surface area contributed by atoms with Crippen molar-refractivity contribution in [2.45, 2.75) is 38.8 Å². The van der Waals surface area contributed by atoms with Crippen LogP contribution in [0.15, 0.2) is 22.9 Å². The number of hydrogen-bond donors (Lipinski definition) is 0. The summed E-state index contributed by atoms with van der Waals surface area (Å²) in [5, 5.41) is 0. The van der Waals surface area contributed by atoms with Gasteiger partial charge in [0, 0.05) is 26.3 Å². The smallest absolute Gasteiger partial charge is 0.410 e. The molecule has 1 saturated heterocycles. The lowest BCUT2D eigenvalue weighted by molar-refractivity contribution is 0.0279. The molecule has 1 aliphatic rings. The van der Waals surface area contributed by atoms with Crippen LogP contribution < -0.4 is 0 Å². The van der Waals surface area contributed by atoms with Gasteiger partial charge >= 0.3 is 6.09 Å². The average molecular weight is 384 g/mol. The first-order valence-corrected chi connectivity index (χ1v) is 8.33. The number of aromatic nitrogens is 1. The molecule has 0 radical (unpaired) electrons. The van der Waals surface area contributed by atoms with E-state index in [1.165, 1.54) is 0 Å². The largest absolute Gasteiger partial charge is 0.444 e. The van der Waals surface area contributed by atoms with Crippen LogP contribution in [0.4, 0.5) is 4.79 Å². The molecule has 0 saturated carbocycles. The van der Waals surface area contributed by atoms with Gasteiger partial charge in [-0.1, -0.05) is 0 Å². The molecule has 126 valence electrons. The third kappa shape index (κ3) is 4.67. The van der Waals surface area contributed by atoms with Crippen LogP contribution in [0.25, 0.3) is 0 Å². The van der Waals surface area contributed by atoms with Gasteiger partial charge in [0.15, 0.2) is 0 Å². The fourth-order valence-corrected chi connectivity index (χ4v) is 2.66. The van der Waals surface area contributed by atoms with E-state index in [1.807, 2.05) is 20.8 Å². The van der Waals surface area contributed by atoms with Gasteiger partial charge in [-0.2, -0.15) is 0 Å². The summed E-state index contributed by atoms with van der Waals surface area (Å²) in [6, 6.07) is 3.46. The number of likely N-dealkylation sites (tertiary alicyclic amines) is 1. The number of carbonyl (C=O) groups is 2. The normalized spacial score (nSPS) is 18.0. The van der Waals surface area contributed by atoms with Crippen molar-refractivity contribution in [1.82, 2.24) is 14.8 Å². The van der Waals surface area contributed by atoms with E-state index < -0.39 is 5.60 Å². The van der Waals surface area contributed by atoms with Crippen molar-refractivity contribution in [2.24, 2.45) is 0 Å². The van der Waals surface area contributed by atoms with Gasteiger partial charge in [0.1, 0.15) is 10.2 Å². The second kappa shape index (κ2) is 6.86. The second-order valence-electron chi connectivity index (χ2n) is 6.65. The number of rotatable bonds is 2. The molecule has 2 rings (SSSR count). The number of likely N-dealkylation sites (N-methyl/N-ethyl adjacent to an activating group) is 1. The van der Waals surface area contributed by atoms with E-state index in [0.29, 0.717) is 23.3 Å². The van der Waals surface area contributed by atoms with Crippen LogP contribution in [0.1, 0.15) is 37.6 Å². The number of halogens is 1. The SMILES string of the molecule is CN(C(=O)c1ccc(Br)nc1)C1CCN(C(=O)OC(C)(C)C)C1. The van der Waals surface area contributed by atoms with Gasteiger partial charge < -0.3 is 14.5 Å². The molecule has 2 heterocycles. The standard InChI is InChI=1S/C16H22BrN3O3/c1-16(2,3)23-15(22)20-8-7-12(10-20)19(4)14(21)11-5-6-13(17)18-9-11/h5-6,9,12H,7-8,10H2,1-4H3. The number of carbonyl (C=O) groups excluding carboxylic acids is 2. The summed E-state index contributed by atoms with van der Waals surface area (Å²) in [6.45, 7) is 6.61. The maximum Gasteiger partial charge on any atom is 0.410 e. The first kappa shape index (κ1) is 17.7. The van der Waals surface area contributed by atoms with Crippen molar-refractivity contribution in [2.75, 3.05) is 20.1 Å². The minimum atomic E-state index is -0.514. The first-order valence-electron chi connectivity index (χ1n) is 7.54. The van der Waals surface area contributed by atoms with Crippen LogP contribution in [-0.4, -0.2) is 58.6 Å². The Kier molecular flexibility index (Phi) is 5.29. The lowest BCUT2D eigenvalue weighted by Gasteiger charge is -2.26. The lowest BCUT2D eigenvalue weighted by atomic mass is 10.2. The average Bonchev–Trinajstić information content (AvgIpc) is 2.94. The molecule has 1 aliphatic heterocycles. The molecule has 1 aromatic rings. The highest BCUT2D eigenvalue weighted by molar-refractivity contribution is 9.10. The third-order valence-electron chi connectivity index (χ3n) is 3.66. The zero-order valence-electron chi connectivity index (χ0n) is 13.9. The van der Waals surface area contributed by atoms with Crippen molar-refractivity contribution < 1.29 is 14.3 Å². The summed E-state index contributed by atoms with van der Waals surface area (Å²) in [6.07, 6.45) is 1.96. The van der Waals surface area contributed by atoms with E-state index in [0.717, 1.165) is 6.42 Å². The molecule has 1 fully saturated rings. The molecule has 0 spiro atoms. The molecule has 2 amide bonds. The Hall–Kier alpha value is -1.63. The number of hydrogen-bond acceptors (Lipinski definition) is 4. The van der Waals surface area contributed by atoms with Gasteiger partial charge in [0.05, 0.1) is 11.6 Å². The van der Waals surface area contributed by atoms with E-state index in [9.17, 15) is 9.59 Å². The molecule has 0 N–H and O–H groups in total. The number of amides is 2. The second-order valence-corrected chi connectivity index (χ2v) is 7.47. The highest BCUT2D eigenvalue weighted by Crippen LogP contribution is 2.20. The Balaban J connectivity index is 1.96. The van der Waals surface area contributed by atoms with E-state index >= 15 is 0 Å².